The summed E-state index contributed by atoms with van der Waals surface area (Å²) >= 11 is 0.876. The zero-order valence-corrected chi connectivity index (χ0v) is 16.2. The highest BCUT2D eigenvalue weighted by Gasteiger charge is 2.34. The Bertz CT molecular complexity index is 968. The van der Waals surface area contributed by atoms with E-state index in [4.69, 9.17) is 0 Å². The molecular weight excluding hydrogens is 401 g/mol. The molecule has 1 N–H and O–H groups in total. The van der Waals surface area contributed by atoms with Gasteiger partial charge in [-0.25, -0.2) is 9.97 Å². The second kappa shape index (κ2) is 9.04. The minimum atomic E-state index is -4.62. The first-order valence-electron chi connectivity index (χ1n) is 8.68. The van der Waals surface area contributed by atoms with Gasteiger partial charge in [0.25, 0.3) is 0 Å². The summed E-state index contributed by atoms with van der Waals surface area (Å²) in [6, 6.07) is 13.0. The zero-order chi connectivity index (χ0) is 20.9. The number of carbonyl (C=O) groups excluding carboxylic acids is 1. The monoisotopic (exact) mass is 418 g/mol. The molecule has 0 radical (unpaired) electrons. The Balaban J connectivity index is 1.77. The number of hydrogen-bond acceptors (Lipinski definition) is 5. The van der Waals surface area contributed by atoms with Crippen molar-refractivity contribution in [2.45, 2.75) is 30.1 Å². The van der Waals surface area contributed by atoms with Crippen LogP contribution in [0.3, 0.4) is 0 Å². The number of halogens is 3. The van der Waals surface area contributed by atoms with Crippen LogP contribution >= 0.6 is 11.8 Å². The Morgan fingerprint density at radius 1 is 1.14 bits per heavy atom. The van der Waals surface area contributed by atoms with Gasteiger partial charge in [-0.15, -0.1) is 0 Å². The van der Waals surface area contributed by atoms with Gasteiger partial charge < -0.3 is 5.32 Å². The SMILES string of the molecule is CC(Sc1nc(-c2ccccc2)cc(C(F)(F)F)n1)C(=O)NCc1cccnc1. The van der Waals surface area contributed by atoms with Crippen LogP contribution in [0.25, 0.3) is 11.3 Å². The molecule has 0 saturated carbocycles. The van der Waals surface area contributed by atoms with E-state index in [0.717, 1.165) is 23.4 Å². The van der Waals surface area contributed by atoms with Crippen LogP contribution in [0.15, 0.2) is 66.1 Å². The molecule has 2 heterocycles. The molecule has 1 unspecified atom stereocenters. The first-order valence-corrected chi connectivity index (χ1v) is 9.56. The van der Waals surface area contributed by atoms with Crippen LogP contribution in [0, 0.1) is 0 Å². The summed E-state index contributed by atoms with van der Waals surface area (Å²) in [5, 5.41) is 1.94. The van der Waals surface area contributed by atoms with E-state index in [1.807, 2.05) is 6.07 Å². The van der Waals surface area contributed by atoms with E-state index in [2.05, 4.69) is 20.3 Å². The molecule has 0 spiro atoms. The highest BCUT2D eigenvalue weighted by atomic mass is 32.2. The summed E-state index contributed by atoms with van der Waals surface area (Å²) < 4.78 is 39.9. The van der Waals surface area contributed by atoms with Gasteiger partial charge in [-0.05, 0) is 24.6 Å². The fourth-order valence-electron chi connectivity index (χ4n) is 2.43. The van der Waals surface area contributed by atoms with Crippen molar-refractivity contribution in [3.05, 3.63) is 72.2 Å². The van der Waals surface area contributed by atoms with E-state index < -0.39 is 17.1 Å². The van der Waals surface area contributed by atoms with Gasteiger partial charge in [-0.2, -0.15) is 13.2 Å². The van der Waals surface area contributed by atoms with Crippen LogP contribution < -0.4 is 5.32 Å². The number of pyridine rings is 1. The van der Waals surface area contributed by atoms with Gasteiger partial charge in [-0.1, -0.05) is 48.2 Å². The maximum Gasteiger partial charge on any atom is 0.433 e. The van der Waals surface area contributed by atoms with E-state index in [0.29, 0.717) is 5.56 Å². The number of nitrogens with one attached hydrogen (secondary N) is 1. The third-order valence-electron chi connectivity index (χ3n) is 3.91. The molecule has 2 aromatic heterocycles. The lowest BCUT2D eigenvalue weighted by Gasteiger charge is -2.14. The summed E-state index contributed by atoms with van der Waals surface area (Å²) in [7, 11) is 0. The molecule has 0 aliphatic rings. The molecule has 0 fully saturated rings. The molecule has 5 nitrogen and oxygen atoms in total. The number of carbonyl (C=O) groups is 1. The fraction of sp³-hybridized carbons (Fsp3) is 0.200. The molecule has 1 amide bonds. The molecule has 0 aliphatic carbocycles. The number of thioether (sulfide) groups is 1. The van der Waals surface area contributed by atoms with Crippen molar-refractivity contribution in [3.8, 4) is 11.3 Å². The van der Waals surface area contributed by atoms with Crippen LogP contribution in [0.2, 0.25) is 0 Å². The molecule has 150 valence electrons. The lowest BCUT2D eigenvalue weighted by molar-refractivity contribution is -0.141. The number of hydrogen-bond donors (Lipinski definition) is 1. The summed E-state index contributed by atoms with van der Waals surface area (Å²) in [5.41, 5.74) is 0.464. The van der Waals surface area contributed by atoms with Gasteiger partial charge in [0.15, 0.2) is 5.16 Å². The Morgan fingerprint density at radius 3 is 2.55 bits per heavy atom. The van der Waals surface area contributed by atoms with Crippen molar-refractivity contribution in [2.75, 3.05) is 0 Å². The molecule has 1 atom stereocenters. The van der Waals surface area contributed by atoms with Crippen molar-refractivity contribution in [1.82, 2.24) is 20.3 Å². The van der Waals surface area contributed by atoms with Crippen molar-refractivity contribution in [1.29, 1.82) is 0 Å². The maximum absolute atomic E-state index is 13.3. The number of amides is 1. The predicted molar refractivity (Wildman–Crippen MR) is 104 cm³/mol. The van der Waals surface area contributed by atoms with Crippen molar-refractivity contribution in [3.63, 3.8) is 0 Å². The molecule has 29 heavy (non-hydrogen) atoms. The molecular formula is C20H17F3N4OS. The predicted octanol–water partition coefficient (Wildman–Crippen LogP) is 4.35. The van der Waals surface area contributed by atoms with Crippen LogP contribution in [-0.4, -0.2) is 26.1 Å². The first-order chi connectivity index (χ1) is 13.8. The highest BCUT2D eigenvalue weighted by molar-refractivity contribution is 8.00. The zero-order valence-electron chi connectivity index (χ0n) is 15.3. The minimum absolute atomic E-state index is 0.109. The fourth-order valence-corrected chi connectivity index (χ4v) is 3.24. The Hall–Kier alpha value is -2.94. The average molecular weight is 418 g/mol. The molecule has 9 heteroatoms. The summed E-state index contributed by atoms with van der Waals surface area (Å²) in [6.45, 7) is 1.87. The molecule has 0 bridgehead atoms. The highest BCUT2D eigenvalue weighted by Crippen LogP contribution is 2.32. The average Bonchev–Trinajstić information content (AvgIpc) is 2.72. The normalized spacial score (nSPS) is 12.4. The number of nitrogens with zero attached hydrogens (tertiary/aromatic N) is 3. The quantitative estimate of drug-likeness (QED) is 0.476. The van der Waals surface area contributed by atoms with Gasteiger partial charge in [0.1, 0.15) is 5.69 Å². The lowest BCUT2D eigenvalue weighted by atomic mass is 10.1. The molecule has 3 rings (SSSR count). The molecule has 3 aromatic rings. The lowest BCUT2D eigenvalue weighted by Crippen LogP contribution is -2.30. The third-order valence-corrected chi connectivity index (χ3v) is 4.87. The molecule has 0 aliphatic heterocycles. The van der Waals surface area contributed by atoms with Gasteiger partial charge >= 0.3 is 6.18 Å². The number of benzene rings is 1. The van der Waals surface area contributed by atoms with Crippen LogP contribution in [-0.2, 0) is 17.5 Å². The van der Waals surface area contributed by atoms with E-state index >= 15 is 0 Å². The van der Waals surface area contributed by atoms with Crippen molar-refractivity contribution < 1.29 is 18.0 Å². The van der Waals surface area contributed by atoms with Crippen LogP contribution in [0.1, 0.15) is 18.2 Å². The Kier molecular flexibility index (Phi) is 6.48. The van der Waals surface area contributed by atoms with Crippen LogP contribution in [0.5, 0.6) is 0 Å². The summed E-state index contributed by atoms with van der Waals surface area (Å²) in [5.74, 6) is -0.332. The largest absolute Gasteiger partial charge is 0.433 e. The third kappa shape index (κ3) is 5.77. The first kappa shape index (κ1) is 20.8. The van der Waals surface area contributed by atoms with Crippen molar-refractivity contribution in [2.24, 2.45) is 0 Å². The summed E-state index contributed by atoms with van der Waals surface area (Å²) in [4.78, 5) is 24.1. The van der Waals surface area contributed by atoms with E-state index in [9.17, 15) is 18.0 Å². The molecule has 1 aromatic carbocycles. The maximum atomic E-state index is 13.3. The second-order valence-electron chi connectivity index (χ2n) is 6.12. The smallest absolute Gasteiger partial charge is 0.351 e. The van der Waals surface area contributed by atoms with E-state index in [-0.39, 0.29) is 23.3 Å². The number of rotatable bonds is 6. The van der Waals surface area contributed by atoms with Gasteiger partial charge in [0.2, 0.25) is 5.91 Å². The Labute approximate surface area is 169 Å². The van der Waals surface area contributed by atoms with Gasteiger partial charge in [-0.3, -0.25) is 9.78 Å². The van der Waals surface area contributed by atoms with Crippen molar-refractivity contribution >= 4 is 17.7 Å². The van der Waals surface area contributed by atoms with Gasteiger partial charge in [0, 0.05) is 24.5 Å². The standard InChI is InChI=1S/C20H17F3N4OS/c1-13(18(28)25-12-14-6-5-9-24-11-14)29-19-26-16(15-7-3-2-4-8-15)10-17(27-19)20(21,22)23/h2-11,13H,12H2,1H3,(H,25,28). The van der Waals surface area contributed by atoms with Crippen LogP contribution in [0.4, 0.5) is 13.2 Å². The Morgan fingerprint density at radius 2 is 1.90 bits per heavy atom. The number of aromatic nitrogens is 3. The topological polar surface area (TPSA) is 67.8 Å². The number of alkyl halides is 3. The van der Waals surface area contributed by atoms with Gasteiger partial charge in [0.05, 0.1) is 10.9 Å². The molecule has 0 saturated heterocycles. The van der Waals surface area contributed by atoms with E-state index in [1.165, 1.54) is 0 Å². The second-order valence-corrected chi connectivity index (χ2v) is 7.43. The minimum Gasteiger partial charge on any atom is -0.351 e. The summed E-state index contributed by atoms with van der Waals surface area (Å²) in [6.07, 6.45) is -1.37. The van der Waals surface area contributed by atoms with E-state index in [1.54, 1.807) is 55.7 Å².